The van der Waals surface area contributed by atoms with E-state index in [9.17, 15) is 19.3 Å². The van der Waals surface area contributed by atoms with E-state index in [0.717, 1.165) is 24.1 Å². The lowest BCUT2D eigenvalue weighted by molar-refractivity contribution is -0.387. The molecular formula is C16H12FNO3. The number of hydrogen-bond donors (Lipinski definition) is 0. The zero-order valence-corrected chi connectivity index (χ0v) is 11.1. The molecular weight excluding hydrogens is 273 g/mol. The molecule has 0 N–H and O–H groups in total. The van der Waals surface area contributed by atoms with Crippen LogP contribution in [0.3, 0.4) is 0 Å². The van der Waals surface area contributed by atoms with E-state index in [2.05, 4.69) is 0 Å². The summed E-state index contributed by atoms with van der Waals surface area (Å²) in [6.45, 7) is 0. The van der Waals surface area contributed by atoms with Gasteiger partial charge in [-0.1, -0.05) is 30.3 Å². The summed E-state index contributed by atoms with van der Waals surface area (Å²) in [7, 11) is 0. The number of benzene rings is 2. The van der Waals surface area contributed by atoms with Crippen LogP contribution in [0.15, 0.2) is 42.5 Å². The second-order valence-corrected chi connectivity index (χ2v) is 5.08. The predicted molar refractivity (Wildman–Crippen MR) is 74.9 cm³/mol. The summed E-state index contributed by atoms with van der Waals surface area (Å²) in [6, 6.07) is 11.1. The van der Waals surface area contributed by atoms with Crippen molar-refractivity contribution in [1.29, 1.82) is 0 Å². The van der Waals surface area contributed by atoms with Gasteiger partial charge < -0.3 is 0 Å². The summed E-state index contributed by atoms with van der Waals surface area (Å²) in [4.78, 5) is 22.4. The number of nitro groups is 1. The largest absolute Gasteiger partial charge is 0.304 e. The summed E-state index contributed by atoms with van der Waals surface area (Å²) in [5.41, 5.74) is 1.59. The van der Waals surface area contributed by atoms with E-state index in [1.165, 1.54) is 6.07 Å². The van der Waals surface area contributed by atoms with Crippen molar-refractivity contribution in [1.82, 2.24) is 0 Å². The SMILES string of the molecule is O=C1c2ccccc2CC[C@H]1c1ccc([N+](=O)[O-])c(F)c1. The van der Waals surface area contributed by atoms with Gasteiger partial charge in [-0.15, -0.1) is 0 Å². The van der Waals surface area contributed by atoms with Gasteiger partial charge in [0.15, 0.2) is 5.78 Å². The van der Waals surface area contributed by atoms with Crippen LogP contribution in [0.4, 0.5) is 10.1 Å². The average molecular weight is 285 g/mol. The highest BCUT2D eigenvalue weighted by Crippen LogP contribution is 2.34. The van der Waals surface area contributed by atoms with Gasteiger partial charge in [-0.2, -0.15) is 4.39 Å². The Labute approximate surface area is 120 Å². The van der Waals surface area contributed by atoms with E-state index >= 15 is 0 Å². The lowest BCUT2D eigenvalue weighted by Gasteiger charge is -2.23. The first-order valence-corrected chi connectivity index (χ1v) is 6.64. The Kier molecular flexibility index (Phi) is 3.25. The third-order valence-corrected chi connectivity index (χ3v) is 3.87. The lowest BCUT2D eigenvalue weighted by atomic mass is 9.79. The Hall–Kier alpha value is -2.56. The second-order valence-electron chi connectivity index (χ2n) is 5.08. The Bertz CT molecular complexity index is 742. The maximum absolute atomic E-state index is 13.7. The Morgan fingerprint density at radius 1 is 1.19 bits per heavy atom. The zero-order valence-electron chi connectivity index (χ0n) is 11.1. The highest BCUT2D eigenvalue weighted by molar-refractivity contribution is 6.03. The van der Waals surface area contributed by atoms with E-state index in [1.54, 1.807) is 12.1 Å². The van der Waals surface area contributed by atoms with Gasteiger partial charge in [0.05, 0.1) is 4.92 Å². The van der Waals surface area contributed by atoms with Crippen LogP contribution in [0, 0.1) is 15.9 Å². The van der Waals surface area contributed by atoms with Crippen molar-refractivity contribution in [3.63, 3.8) is 0 Å². The van der Waals surface area contributed by atoms with Gasteiger partial charge in [-0.3, -0.25) is 14.9 Å². The van der Waals surface area contributed by atoms with Crippen LogP contribution in [0.25, 0.3) is 0 Å². The quantitative estimate of drug-likeness (QED) is 0.625. The molecule has 1 atom stereocenters. The molecule has 0 amide bonds. The summed E-state index contributed by atoms with van der Waals surface area (Å²) in [5.74, 6) is -1.38. The minimum atomic E-state index is -0.899. The fourth-order valence-corrected chi connectivity index (χ4v) is 2.80. The third-order valence-electron chi connectivity index (χ3n) is 3.87. The van der Waals surface area contributed by atoms with Gasteiger partial charge in [0.1, 0.15) is 0 Å². The number of Topliss-reactive ketones (excluding diaryl/α,β-unsaturated/α-hetero) is 1. The number of nitrogens with zero attached hydrogens (tertiary/aromatic N) is 1. The minimum Gasteiger partial charge on any atom is -0.293 e. The molecule has 5 heteroatoms. The van der Waals surface area contributed by atoms with Crippen LogP contribution >= 0.6 is 0 Å². The van der Waals surface area contributed by atoms with Crippen LogP contribution in [-0.4, -0.2) is 10.7 Å². The number of fused-ring (bicyclic) bond motifs is 1. The van der Waals surface area contributed by atoms with Crippen LogP contribution < -0.4 is 0 Å². The van der Waals surface area contributed by atoms with Crippen LogP contribution in [0.1, 0.15) is 33.8 Å². The molecule has 0 saturated carbocycles. The molecule has 0 heterocycles. The van der Waals surface area contributed by atoms with Crippen molar-refractivity contribution < 1.29 is 14.1 Å². The molecule has 0 unspecified atom stereocenters. The predicted octanol–water partition coefficient (Wildman–Crippen LogP) is 3.65. The lowest BCUT2D eigenvalue weighted by Crippen LogP contribution is -2.21. The first-order chi connectivity index (χ1) is 10.1. The van der Waals surface area contributed by atoms with E-state index < -0.39 is 22.3 Å². The summed E-state index contributed by atoms with van der Waals surface area (Å²) >= 11 is 0. The second kappa shape index (κ2) is 5.09. The molecule has 2 aromatic rings. The first kappa shape index (κ1) is 13.4. The zero-order chi connectivity index (χ0) is 15.0. The van der Waals surface area contributed by atoms with Crippen molar-refractivity contribution in [2.75, 3.05) is 0 Å². The van der Waals surface area contributed by atoms with Crippen molar-refractivity contribution in [3.8, 4) is 0 Å². The molecule has 3 rings (SSSR count). The Morgan fingerprint density at radius 2 is 1.95 bits per heavy atom. The highest BCUT2D eigenvalue weighted by Gasteiger charge is 2.29. The number of ketones is 1. The molecule has 0 bridgehead atoms. The van der Waals surface area contributed by atoms with Crippen LogP contribution in [-0.2, 0) is 6.42 Å². The molecule has 1 aliphatic rings. The number of halogens is 1. The average Bonchev–Trinajstić information content (AvgIpc) is 2.47. The molecule has 0 aromatic heterocycles. The van der Waals surface area contributed by atoms with Crippen molar-refractivity contribution in [3.05, 3.63) is 75.1 Å². The van der Waals surface area contributed by atoms with E-state index in [4.69, 9.17) is 0 Å². The number of carbonyl (C=O) groups is 1. The molecule has 21 heavy (non-hydrogen) atoms. The fraction of sp³-hybridized carbons (Fsp3) is 0.188. The number of rotatable bonds is 2. The molecule has 0 spiro atoms. The minimum absolute atomic E-state index is 0.0508. The molecule has 4 nitrogen and oxygen atoms in total. The first-order valence-electron chi connectivity index (χ1n) is 6.64. The summed E-state index contributed by atoms with van der Waals surface area (Å²) in [5, 5.41) is 10.6. The van der Waals surface area contributed by atoms with Crippen molar-refractivity contribution in [2.24, 2.45) is 0 Å². The van der Waals surface area contributed by atoms with Gasteiger partial charge in [0, 0.05) is 17.5 Å². The monoisotopic (exact) mass is 285 g/mol. The van der Waals surface area contributed by atoms with E-state index in [0.29, 0.717) is 17.5 Å². The molecule has 0 saturated heterocycles. The highest BCUT2D eigenvalue weighted by atomic mass is 19.1. The molecule has 1 aliphatic carbocycles. The smallest absolute Gasteiger partial charge is 0.293 e. The molecule has 106 valence electrons. The summed E-state index contributed by atoms with van der Waals surface area (Å²) < 4.78 is 13.7. The normalized spacial score (nSPS) is 17.4. The molecule has 0 fully saturated rings. The van der Waals surface area contributed by atoms with Gasteiger partial charge in [0.2, 0.25) is 5.82 Å². The van der Waals surface area contributed by atoms with Gasteiger partial charge in [0.25, 0.3) is 0 Å². The molecule has 0 radical (unpaired) electrons. The third kappa shape index (κ3) is 2.31. The topological polar surface area (TPSA) is 60.2 Å². The van der Waals surface area contributed by atoms with Crippen LogP contribution in [0.2, 0.25) is 0 Å². The van der Waals surface area contributed by atoms with Crippen molar-refractivity contribution in [2.45, 2.75) is 18.8 Å². The Balaban J connectivity index is 1.97. The number of aryl methyl sites for hydroxylation is 1. The maximum Gasteiger partial charge on any atom is 0.304 e. The Morgan fingerprint density at radius 3 is 2.67 bits per heavy atom. The standard InChI is InChI=1S/C16H12FNO3/c17-14-9-11(6-8-15(14)18(20)21)13-7-5-10-3-1-2-4-12(10)16(13)19/h1-4,6,8-9,13H,5,7H2/t13-/m0/s1. The number of carbonyl (C=O) groups excluding carboxylic acids is 1. The fourth-order valence-electron chi connectivity index (χ4n) is 2.80. The summed E-state index contributed by atoms with van der Waals surface area (Å²) in [6.07, 6.45) is 1.33. The van der Waals surface area contributed by atoms with Crippen molar-refractivity contribution >= 4 is 11.5 Å². The van der Waals surface area contributed by atoms with Gasteiger partial charge >= 0.3 is 5.69 Å². The maximum atomic E-state index is 13.7. The van der Waals surface area contributed by atoms with E-state index in [-0.39, 0.29) is 5.78 Å². The van der Waals surface area contributed by atoms with E-state index in [1.807, 2.05) is 12.1 Å². The van der Waals surface area contributed by atoms with Gasteiger partial charge in [-0.05, 0) is 30.0 Å². The number of hydrogen-bond acceptors (Lipinski definition) is 3. The number of nitro benzene ring substituents is 1. The molecule has 2 aromatic carbocycles. The van der Waals surface area contributed by atoms with Gasteiger partial charge in [-0.25, -0.2) is 0 Å². The molecule has 0 aliphatic heterocycles. The van der Waals surface area contributed by atoms with Crippen LogP contribution in [0.5, 0.6) is 0 Å².